The van der Waals surface area contributed by atoms with Crippen molar-refractivity contribution in [1.29, 1.82) is 0 Å². The summed E-state index contributed by atoms with van der Waals surface area (Å²) in [6, 6.07) is 12.6. The van der Waals surface area contributed by atoms with Gasteiger partial charge >= 0.3 is 0 Å². The van der Waals surface area contributed by atoms with Crippen molar-refractivity contribution in [2.75, 3.05) is 0 Å². The van der Waals surface area contributed by atoms with Crippen molar-refractivity contribution in [2.45, 2.75) is 47.1 Å². The average Bonchev–Trinajstić information content (AvgIpc) is 2.45. The number of nitrogens with one attached hydrogen (secondary N) is 1. The number of benzene rings is 2. The Hall–Kier alpha value is -2.09. The summed E-state index contributed by atoms with van der Waals surface area (Å²) in [6.07, 6.45) is 0.432. The standard InChI is InChI=1S/C20H25NO/c1-13-6-8-18(16(4)10-13)12-20(22)21-17(5)19-9-7-14(2)15(3)11-19/h6-11,17H,12H2,1-5H3,(H,21,22)/t17-/m0/s1. The molecule has 1 N–H and O–H groups in total. The van der Waals surface area contributed by atoms with Crippen LogP contribution in [0.15, 0.2) is 36.4 Å². The molecular weight excluding hydrogens is 270 g/mol. The molecule has 2 rings (SSSR count). The maximum absolute atomic E-state index is 12.3. The van der Waals surface area contributed by atoms with Crippen molar-refractivity contribution < 1.29 is 4.79 Å². The molecule has 0 saturated heterocycles. The Balaban J connectivity index is 2.03. The van der Waals surface area contributed by atoms with Gasteiger partial charge in [0.25, 0.3) is 0 Å². The van der Waals surface area contributed by atoms with Crippen molar-refractivity contribution in [3.05, 3.63) is 69.8 Å². The molecule has 0 spiro atoms. The van der Waals surface area contributed by atoms with Gasteiger partial charge in [0.2, 0.25) is 5.91 Å². The summed E-state index contributed by atoms with van der Waals surface area (Å²) in [5.74, 6) is 0.0673. The lowest BCUT2D eigenvalue weighted by Crippen LogP contribution is -2.28. The molecule has 0 aliphatic rings. The maximum Gasteiger partial charge on any atom is 0.224 e. The predicted octanol–water partition coefficient (Wildman–Crippen LogP) is 4.34. The van der Waals surface area contributed by atoms with Gasteiger partial charge in [-0.05, 0) is 62.4 Å². The van der Waals surface area contributed by atoms with E-state index in [4.69, 9.17) is 0 Å². The lowest BCUT2D eigenvalue weighted by atomic mass is 10.0. The van der Waals surface area contributed by atoms with Crippen molar-refractivity contribution in [1.82, 2.24) is 5.32 Å². The molecule has 1 atom stereocenters. The highest BCUT2D eigenvalue weighted by Gasteiger charge is 2.12. The second kappa shape index (κ2) is 6.78. The van der Waals surface area contributed by atoms with Crippen LogP contribution < -0.4 is 5.32 Å². The summed E-state index contributed by atoms with van der Waals surface area (Å²) in [7, 11) is 0. The van der Waals surface area contributed by atoms with Crippen LogP contribution in [0.2, 0.25) is 0 Å². The van der Waals surface area contributed by atoms with E-state index in [1.807, 2.05) is 13.0 Å². The first kappa shape index (κ1) is 16.3. The van der Waals surface area contributed by atoms with E-state index in [-0.39, 0.29) is 11.9 Å². The van der Waals surface area contributed by atoms with Crippen molar-refractivity contribution in [2.24, 2.45) is 0 Å². The van der Waals surface area contributed by atoms with Gasteiger partial charge in [0, 0.05) is 0 Å². The van der Waals surface area contributed by atoms with E-state index >= 15 is 0 Å². The fourth-order valence-corrected chi connectivity index (χ4v) is 2.63. The lowest BCUT2D eigenvalue weighted by Gasteiger charge is -2.16. The summed E-state index contributed by atoms with van der Waals surface area (Å²) >= 11 is 0. The van der Waals surface area contributed by atoms with Gasteiger partial charge in [-0.15, -0.1) is 0 Å². The van der Waals surface area contributed by atoms with Gasteiger partial charge in [-0.2, -0.15) is 0 Å². The molecule has 2 nitrogen and oxygen atoms in total. The van der Waals surface area contributed by atoms with Crippen LogP contribution in [0.5, 0.6) is 0 Å². The molecule has 2 aromatic carbocycles. The summed E-state index contributed by atoms with van der Waals surface area (Å²) in [5, 5.41) is 3.09. The molecule has 0 unspecified atom stereocenters. The second-order valence-corrected chi connectivity index (χ2v) is 6.24. The number of amides is 1. The van der Waals surface area contributed by atoms with Crippen LogP contribution in [-0.4, -0.2) is 5.91 Å². The molecule has 2 heteroatoms. The number of hydrogen-bond acceptors (Lipinski definition) is 1. The van der Waals surface area contributed by atoms with E-state index in [1.165, 1.54) is 22.3 Å². The fraction of sp³-hybridized carbons (Fsp3) is 0.350. The average molecular weight is 295 g/mol. The SMILES string of the molecule is Cc1ccc(CC(=O)N[C@@H](C)c2ccc(C)c(C)c2)c(C)c1. The summed E-state index contributed by atoms with van der Waals surface area (Å²) in [4.78, 5) is 12.3. The lowest BCUT2D eigenvalue weighted by molar-refractivity contribution is -0.121. The minimum Gasteiger partial charge on any atom is -0.349 e. The number of carbonyl (C=O) groups excluding carboxylic acids is 1. The van der Waals surface area contributed by atoms with E-state index in [9.17, 15) is 4.79 Å². The van der Waals surface area contributed by atoms with Crippen molar-refractivity contribution in [3.8, 4) is 0 Å². The minimum atomic E-state index is 0.0255. The highest BCUT2D eigenvalue weighted by molar-refractivity contribution is 5.79. The largest absolute Gasteiger partial charge is 0.349 e. The Bertz CT molecular complexity index is 688. The quantitative estimate of drug-likeness (QED) is 0.893. The molecule has 0 aromatic heterocycles. The van der Waals surface area contributed by atoms with E-state index in [2.05, 4.69) is 63.3 Å². The Morgan fingerprint density at radius 1 is 0.955 bits per heavy atom. The first-order chi connectivity index (χ1) is 10.4. The third kappa shape index (κ3) is 3.97. The van der Waals surface area contributed by atoms with Crippen LogP contribution in [0, 0.1) is 27.7 Å². The molecule has 0 heterocycles. The third-order valence-corrected chi connectivity index (χ3v) is 4.26. The molecule has 0 aliphatic carbocycles. The van der Waals surface area contributed by atoms with E-state index in [0.29, 0.717) is 6.42 Å². The van der Waals surface area contributed by atoms with Gasteiger partial charge in [0.1, 0.15) is 0 Å². The van der Waals surface area contributed by atoms with Gasteiger partial charge in [-0.1, -0.05) is 42.0 Å². The molecule has 22 heavy (non-hydrogen) atoms. The highest BCUT2D eigenvalue weighted by atomic mass is 16.1. The summed E-state index contributed by atoms with van der Waals surface area (Å²) in [6.45, 7) is 10.4. The molecule has 0 fully saturated rings. The van der Waals surface area contributed by atoms with E-state index < -0.39 is 0 Å². The second-order valence-electron chi connectivity index (χ2n) is 6.24. The predicted molar refractivity (Wildman–Crippen MR) is 92.1 cm³/mol. The Morgan fingerprint density at radius 2 is 1.68 bits per heavy atom. The topological polar surface area (TPSA) is 29.1 Å². The van der Waals surface area contributed by atoms with Crippen LogP contribution in [0.1, 0.15) is 46.3 Å². The van der Waals surface area contributed by atoms with Crippen LogP contribution in [0.3, 0.4) is 0 Å². The van der Waals surface area contributed by atoms with Gasteiger partial charge in [0.05, 0.1) is 12.5 Å². The highest BCUT2D eigenvalue weighted by Crippen LogP contribution is 2.17. The van der Waals surface area contributed by atoms with Crippen LogP contribution in [0.4, 0.5) is 0 Å². The first-order valence-corrected chi connectivity index (χ1v) is 7.79. The zero-order chi connectivity index (χ0) is 16.3. The van der Waals surface area contributed by atoms with E-state index in [1.54, 1.807) is 0 Å². The minimum absolute atomic E-state index is 0.0255. The fourth-order valence-electron chi connectivity index (χ4n) is 2.63. The van der Waals surface area contributed by atoms with Crippen molar-refractivity contribution >= 4 is 5.91 Å². The van der Waals surface area contributed by atoms with Gasteiger partial charge in [0.15, 0.2) is 0 Å². The number of aryl methyl sites for hydroxylation is 4. The zero-order valence-corrected chi connectivity index (χ0v) is 14.2. The smallest absolute Gasteiger partial charge is 0.224 e. The van der Waals surface area contributed by atoms with Crippen LogP contribution in [-0.2, 0) is 11.2 Å². The Kier molecular flexibility index (Phi) is 5.02. The Morgan fingerprint density at radius 3 is 2.32 bits per heavy atom. The number of carbonyl (C=O) groups is 1. The van der Waals surface area contributed by atoms with Crippen molar-refractivity contribution in [3.63, 3.8) is 0 Å². The molecule has 116 valence electrons. The molecule has 0 aliphatic heterocycles. The maximum atomic E-state index is 12.3. The summed E-state index contributed by atoms with van der Waals surface area (Å²) < 4.78 is 0. The molecule has 1 amide bonds. The molecule has 0 bridgehead atoms. The molecule has 2 aromatic rings. The van der Waals surface area contributed by atoms with Gasteiger partial charge in [-0.3, -0.25) is 4.79 Å². The number of rotatable bonds is 4. The number of hydrogen-bond donors (Lipinski definition) is 1. The van der Waals surface area contributed by atoms with Gasteiger partial charge in [-0.25, -0.2) is 0 Å². The third-order valence-electron chi connectivity index (χ3n) is 4.26. The molecular formula is C20H25NO. The van der Waals surface area contributed by atoms with Crippen LogP contribution in [0.25, 0.3) is 0 Å². The van der Waals surface area contributed by atoms with Crippen LogP contribution >= 0.6 is 0 Å². The Labute approximate surface area is 133 Å². The van der Waals surface area contributed by atoms with Gasteiger partial charge < -0.3 is 5.32 Å². The zero-order valence-electron chi connectivity index (χ0n) is 14.2. The van der Waals surface area contributed by atoms with E-state index in [0.717, 1.165) is 11.1 Å². The monoisotopic (exact) mass is 295 g/mol. The first-order valence-electron chi connectivity index (χ1n) is 7.79. The summed E-state index contributed by atoms with van der Waals surface area (Å²) in [5.41, 5.74) is 7.18. The normalized spacial score (nSPS) is 12.0. The molecule has 0 radical (unpaired) electrons. The molecule has 0 saturated carbocycles.